The molecule has 31 heavy (non-hydrogen) atoms. The molecule has 1 heterocycles. The van der Waals surface area contributed by atoms with E-state index in [1.165, 1.54) is 36.4 Å². The predicted octanol–water partition coefficient (Wildman–Crippen LogP) is 7.47. The fourth-order valence-electron chi connectivity index (χ4n) is 3.12. The minimum Gasteiger partial charge on any atom is -0.489 e. The largest absolute Gasteiger partial charge is 0.489 e. The molecular formula is C23H13BrClF3O3. The molecule has 0 amide bonds. The van der Waals surface area contributed by atoms with Gasteiger partial charge in [-0.15, -0.1) is 0 Å². The predicted molar refractivity (Wildman–Crippen MR) is 116 cm³/mol. The highest BCUT2D eigenvalue weighted by molar-refractivity contribution is 9.10. The summed E-state index contributed by atoms with van der Waals surface area (Å²) in [7, 11) is 0. The third-order valence-electron chi connectivity index (χ3n) is 4.58. The lowest BCUT2D eigenvalue weighted by atomic mass is 10.0. The van der Waals surface area contributed by atoms with Crippen molar-refractivity contribution < 1.29 is 22.3 Å². The molecule has 0 atom stereocenters. The number of hydrogen-bond acceptors (Lipinski definition) is 3. The van der Waals surface area contributed by atoms with Crippen molar-refractivity contribution in [1.82, 2.24) is 0 Å². The Hall–Kier alpha value is -2.77. The normalized spacial score (nSPS) is 11.6. The molecule has 0 saturated carbocycles. The van der Waals surface area contributed by atoms with Gasteiger partial charge in [-0.25, -0.2) is 0 Å². The Morgan fingerprint density at radius 2 is 1.71 bits per heavy atom. The maximum atomic E-state index is 13.8. The van der Waals surface area contributed by atoms with E-state index in [1.807, 2.05) is 24.3 Å². The Kier molecular flexibility index (Phi) is 5.81. The van der Waals surface area contributed by atoms with E-state index in [0.29, 0.717) is 0 Å². The Balaban J connectivity index is 1.80. The lowest BCUT2D eigenvalue weighted by molar-refractivity contribution is -0.152. The quantitative estimate of drug-likeness (QED) is 0.286. The van der Waals surface area contributed by atoms with Crippen LogP contribution in [0, 0.1) is 0 Å². The topological polar surface area (TPSA) is 39.4 Å². The van der Waals surface area contributed by atoms with Crippen LogP contribution in [0.25, 0.3) is 22.1 Å². The lowest BCUT2D eigenvalue weighted by Crippen LogP contribution is -2.16. The van der Waals surface area contributed by atoms with Gasteiger partial charge in [0.2, 0.25) is 11.2 Å². The van der Waals surface area contributed by atoms with Crippen molar-refractivity contribution in [1.29, 1.82) is 0 Å². The summed E-state index contributed by atoms with van der Waals surface area (Å²) in [6.45, 7) is 0.201. The zero-order chi connectivity index (χ0) is 22.2. The molecule has 4 aromatic rings. The van der Waals surface area contributed by atoms with Crippen LogP contribution in [0.4, 0.5) is 13.2 Å². The SMILES string of the molecule is O=c1c(-c2ccccc2Cl)c(C(F)(F)F)oc2cc(OCc3ccc(Br)cc3)ccc12. The molecule has 0 radical (unpaired) electrons. The van der Waals surface area contributed by atoms with Crippen molar-refractivity contribution >= 4 is 38.5 Å². The molecule has 0 fully saturated rings. The van der Waals surface area contributed by atoms with Crippen molar-refractivity contribution in [2.24, 2.45) is 0 Å². The first kappa shape index (κ1) is 21.5. The van der Waals surface area contributed by atoms with E-state index in [1.54, 1.807) is 6.07 Å². The summed E-state index contributed by atoms with van der Waals surface area (Å²) in [4.78, 5) is 13.0. The molecule has 4 rings (SSSR count). The Bertz CT molecular complexity index is 1310. The summed E-state index contributed by atoms with van der Waals surface area (Å²) < 4.78 is 53.1. The van der Waals surface area contributed by atoms with E-state index < -0.39 is 22.9 Å². The average Bonchev–Trinajstić information content (AvgIpc) is 2.73. The first-order chi connectivity index (χ1) is 14.7. The zero-order valence-electron chi connectivity index (χ0n) is 15.7. The molecule has 3 nitrogen and oxygen atoms in total. The van der Waals surface area contributed by atoms with Gasteiger partial charge in [0, 0.05) is 21.1 Å². The number of benzene rings is 3. The average molecular weight is 510 g/mol. The number of fused-ring (bicyclic) bond motifs is 1. The highest BCUT2D eigenvalue weighted by atomic mass is 79.9. The van der Waals surface area contributed by atoms with Crippen molar-refractivity contribution in [3.05, 3.63) is 97.8 Å². The molecule has 158 valence electrons. The zero-order valence-corrected chi connectivity index (χ0v) is 18.0. The van der Waals surface area contributed by atoms with E-state index in [2.05, 4.69) is 15.9 Å². The van der Waals surface area contributed by atoms with Gasteiger partial charge in [0.05, 0.1) is 10.9 Å². The Morgan fingerprint density at radius 3 is 2.39 bits per heavy atom. The third-order valence-corrected chi connectivity index (χ3v) is 5.44. The van der Waals surface area contributed by atoms with Gasteiger partial charge in [-0.2, -0.15) is 13.2 Å². The minimum atomic E-state index is -4.89. The summed E-state index contributed by atoms with van der Waals surface area (Å²) in [5, 5.41) is 0.0213. The first-order valence-electron chi connectivity index (χ1n) is 9.04. The molecule has 0 saturated heterocycles. The summed E-state index contributed by atoms with van der Waals surface area (Å²) in [5.74, 6) is -1.12. The molecule has 8 heteroatoms. The molecule has 3 aromatic carbocycles. The van der Waals surface area contributed by atoms with Gasteiger partial charge < -0.3 is 9.15 Å². The van der Waals surface area contributed by atoms with Gasteiger partial charge in [-0.3, -0.25) is 4.79 Å². The maximum absolute atomic E-state index is 13.8. The van der Waals surface area contributed by atoms with Crippen LogP contribution in [0.2, 0.25) is 5.02 Å². The number of hydrogen-bond donors (Lipinski definition) is 0. The fourth-order valence-corrected chi connectivity index (χ4v) is 3.61. The summed E-state index contributed by atoms with van der Waals surface area (Å²) >= 11 is 9.41. The van der Waals surface area contributed by atoms with Gasteiger partial charge in [0.25, 0.3) is 0 Å². The number of halogens is 5. The molecule has 0 aliphatic rings. The summed E-state index contributed by atoms with van der Waals surface area (Å²) in [5.41, 5.74) is -0.825. The van der Waals surface area contributed by atoms with E-state index >= 15 is 0 Å². The molecule has 0 unspecified atom stereocenters. The van der Waals surface area contributed by atoms with Gasteiger partial charge in [0.15, 0.2) is 0 Å². The third kappa shape index (κ3) is 4.48. The Labute approximate surface area is 188 Å². The summed E-state index contributed by atoms with van der Waals surface area (Å²) in [6, 6.07) is 17.4. The van der Waals surface area contributed by atoms with Crippen LogP contribution in [-0.4, -0.2) is 0 Å². The van der Waals surface area contributed by atoms with Crippen molar-refractivity contribution in [2.45, 2.75) is 12.8 Å². The van der Waals surface area contributed by atoms with E-state index in [0.717, 1.165) is 10.0 Å². The molecule has 0 N–H and O–H groups in total. The second-order valence-corrected chi connectivity index (χ2v) is 8.01. The molecule has 0 spiro atoms. The number of ether oxygens (including phenoxy) is 1. The van der Waals surface area contributed by atoms with E-state index in [-0.39, 0.29) is 33.9 Å². The lowest BCUT2D eigenvalue weighted by Gasteiger charge is -2.14. The van der Waals surface area contributed by atoms with Crippen LogP contribution in [0.5, 0.6) is 5.75 Å². The van der Waals surface area contributed by atoms with Crippen molar-refractivity contribution in [3.8, 4) is 16.9 Å². The molecule has 1 aromatic heterocycles. The van der Waals surface area contributed by atoms with E-state index in [9.17, 15) is 18.0 Å². The highest BCUT2D eigenvalue weighted by Crippen LogP contribution is 2.39. The standard InChI is InChI=1S/C23H13BrClF3O3/c24-14-7-5-13(6-8-14)12-30-15-9-10-17-19(11-15)31-22(23(26,27)28)20(21(17)29)16-3-1-2-4-18(16)25/h1-11H,12H2. The van der Waals surface area contributed by atoms with Crippen LogP contribution >= 0.6 is 27.5 Å². The van der Waals surface area contributed by atoms with Gasteiger partial charge in [0.1, 0.15) is 17.9 Å². The second-order valence-electron chi connectivity index (χ2n) is 6.69. The second kappa shape index (κ2) is 8.40. The fraction of sp³-hybridized carbons (Fsp3) is 0.0870. The molecule has 0 aliphatic carbocycles. The van der Waals surface area contributed by atoms with Crippen LogP contribution < -0.4 is 10.2 Å². The van der Waals surface area contributed by atoms with Crippen molar-refractivity contribution in [3.63, 3.8) is 0 Å². The van der Waals surface area contributed by atoms with Crippen LogP contribution in [0.3, 0.4) is 0 Å². The maximum Gasteiger partial charge on any atom is 0.450 e. The smallest absolute Gasteiger partial charge is 0.450 e. The molecular weight excluding hydrogens is 497 g/mol. The number of alkyl halides is 3. The van der Waals surface area contributed by atoms with Gasteiger partial charge in [-0.1, -0.05) is 57.9 Å². The monoisotopic (exact) mass is 508 g/mol. The van der Waals surface area contributed by atoms with Crippen LogP contribution in [0.1, 0.15) is 11.3 Å². The van der Waals surface area contributed by atoms with Crippen molar-refractivity contribution in [2.75, 3.05) is 0 Å². The van der Waals surface area contributed by atoms with Crippen LogP contribution in [-0.2, 0) is 12.8 Å². The summed E-state index contributed by atoms with van der Waals surface area (Å²) in [6.07, 6.45) is -4.89. The first-order valence-corrected chi connectivity index (χ1v) is 10.2. The highest BCUT2D eigenvalue weighted by Gasteiger charge is 2.39. The molecule has 0 bridgehead atoms. The molecule has 0 aliphatic heterocycles. The van der Waals surface area contributed by atoms with Gasteiger partial charge in [-0.05, 0) is 35.9 Å². The minimum absolute atomic E-state index is 0.00101. The Morgan fingerprint density at radius 1 is 1.00 bits per heavy atom. The van der Waals surface area contributed by atoms with Crippen LogP contribution in [0.15, 0.2) is 80.4 Å². The van der Waals surface area contributed by atoms with E-state index in [4.69, 9.17) is 20.8 Å². The number of rotatable bonds is 4. The van der Waals surface area contributed by atoms with Gasteiger partial charge >= 0.3 is 6.18 Å².